The van der Waals surface area contributed by atoms with Crippen LogP contribution in [0.4, 0.5) is 0 Å². The molecular formula is C28H26O8. The van der Waals surface area contributed by atoms with E-state index in [1.807, 2.05) is 30.3 Å². The van der Waals surface area contributed by atoms with Gasteiger partial charge in [-0.1, -0.05) is 66.7 Å². The van der Waals surface area contributed by atoms with E-state index in [0.29, 0.717) is 11.1 Å². The Morgan fingerprint density at radius 3 is 1.81 bits per heavy atom. The fourth-order valence-electron chi connectivity index (χ4n) is 4.31. The van der Waals surface area contributed by atoms with Crippen molar-refractivity contribution in [2.24, 2.45) is 0 Å². The van der Waals surface area contributed by atoms with Gasteiger partial charge in [0, 0.05) is 12.7 Å². The van der Waals surface area contributed by atoms with Crippen LogP contribution in [0, 0.1) is 0 Å². The molecule has 2 aliphatic heterocycles. The molecule has 2 aliphatic rings. The van der Waals surface area contributed by atoms with Gasteiger partial charge in [0.1, 0.15) is 12.2 Å². The predicted molar refractivity (Wildman–Crippen MR) is 127 cm³/mol. The number of methoxy groups -OCH3 is 1. The largest absolute Gasteiger partial charge is 0.452 e. The van der Waals surface area contributed by atoms with Crippen LogP contribution < -0.4 is 0 Å². The molecule has 0 saturated carbocycles. The van der Waals surface area contributed by atoms with Gasteiger partial charge in [-0.05, 0) is 24.3 Å². The summed E-state index contributed by atoms with van der Waals surface area (Å²) in [6, 6.07) is 26.5. The molecule has 6 atom stereocenters. The fraction of sp³-hybridized carbons (Fsp3) is 0.286. The van der Waals surface area contributed by atoms with Gasteiger partial charge in [0.25, 0.3) is 0 Å². The minimum absolute atomic E-state index is 0.169. The summed E-state index contributed by atoms with van der Waals surface area (Å²) in [6.07, 6.45) is -5.23. The van der Waals surface area contributed by atoms with Crippen molar-refractivity contribution in [3.8, 4) is 0 Å². The third kappa shape index (κ3) is 5.17. The van der Waals surface area contributed by atoms with Crippen molar-refractivity contribution in [3.05, 3.63) is 108 Å². The van der Waals surface area contributed by atoms with E-state index >= 15 is 0 Å². The molecule has 186 valence electrons. The van der Waals surface area contributed by atoms with Gasteiger partial charge in [0.15, 0.2) is 24.8 Å². The summed E-state index contributed by atoms with van der Waals surface area (Å²) in [5.41, 5.74) is 1.50. The first-order valence-electron chi connectivity index (χ1n) is 11.7. The molecule has 0 aliphatic carbocycles. The molecule has 0 N–H and O–H groups in total. The predicted octanol–water partition coefficient (Wildman–Crippen LogP) is 3.92. The van der Waals surface area contributed by atoms with Gasteiger partial charge >= 0.3 is 11.9 Å². The Morgan fingerprint density at radius 1 is 0.722 bits per heavy atom. The van der Waals surface area contributed by atoms with E-state index in [0.717, 1.165) is 5.56 Å². The van der Waals surface area contributed by atoms with Crippen LogP contribution in [0.3, 0.4) is 0 Å². The van der Waals surface area contributed by atoms with Crippen molar-refractivity contribution in [1.29, 1.82) is 0 Å². The quantitative estimate of drug-likeness (QED) is 0.481. The second-order valence-corrected chi connectivity index (χ2v) is 8.43. The van der Waals surface area contributed by atoms with Crippen LogP contribution in [-0.2, 0) is 28.4 Å². The maximum atomic E-state index is 13.1. The SMILES string of the molecule is CO[C@@H]1O[C@@H]2CO[C@@H](c3ccccc3)O[C@@H]2[C@H](OC(=O)c2ccccc2)[C@H]1OC(=O)c1ccccc1. The summed E-state index contributed by atoms with van der Waals surface area (Å²) in [5.74, 6) is -1.18. The van der Waals surface area contributed by atoms with E-state index in [4.69, 9.17) is 28.4 Å². The zero-order valence-corrected chi connectivity index (χ0v) is 19.6. The highest BCUT2D eigenvalue weighted by Crippen LogP contribution is 2.37. The van der Waals surface area contributed by atoms with Crippen LogP contribution in [0.5, 0.6) is 0 Å². The third-order valence-electron chi connectivity index (χ3n) is 6.09. The van der Waals surface area contributed by atoms with Crippen LogP contribution >= 0.6 is 0 Å². The second kappa shape index (κ2) is 11.0. The van der Waals surface area contributed by atoms with Crippen LogP contribution in [-0.4, -0.2) is 56.4 Å². The highest BCUT2D eigenvalue weighted by Gasteiger charge is 2.54. The molecule has 2 heterocycles. The molecule has 2 fully saturated rings. The Hall–Kier alpha value is -3.56. The number of rotatable bonds is 6. The van der Waals surface area contributed by atoms with Crippen LogP contribution in [0.25, 0.3) is 0 Å². The molecule has 8 nitrogen and oxygen atoms in total. The number of esters is 2. The smallest absolute Gasteiger partial charge is 0.338 e. The first-order chi connectivity index (χ1) is 17.6. The Kier molecular flexibility index (Phi) is 7.39. The Labute approximate surface area is 208 Å². The average Bonchev–Trinajstić information content (AvgIpc) is 2.95. The Balaban J connectivity index is 1.46. The van der Waals surface area contributed by atoms with E-state index in [1.54, 1.807) is 60.7 Å². The first kappa shape index (κ1) is 24.1. The van der Waals surface area contributed by atoms with E-state index in [9.17, 15) is 9.59 Å². The lowest BCUT2D eigenvalue weighted by molar-refractivity contribution is -0.356. The topological polar surface area (TPSA) is 89.5 Å². The molecule has 3 aromatic rings. The summed E-state index contributed by atoms with van der Waals surface area (Å²) in [4.78, 5) is 26.1. The highest BCUT2D eigenvalue weighted by molar-refractivity contribution is 5.90. The number of fused-ring (bicyclic) bond motifs is 1. The van der Waals surface area contributed by atoms with E-state index in [1.165, 1.54) is 7.11 Å². The van der Waals surface area contributed by atoms with Crippen LogP contribution in [0.15, 0.2) is 91.0 Å². The summed E-state index contributed by atoms with van der Waals surface area (Å²) < 4.78 is 35.5. The van der Waals surface area contributed by atoms with Crippen molar-refractivity contribution in [2.45, 2.75) is 37.0 Å². The molecule has 3 aromatic carbocycles. The van der Waals surface area contributed by atoms with Crippen molar-refractivity contribution in [2.75, 3.05) is 13.7 Å². The highest BCUT2D eigenvalue weighted by atomic mass is 16.8. The molecule has 0 amide bonds. The first-order valence-corrected chi connectivity index (χ1v) is 11.7. The summed E-state index contributed by atoms with van der Waals surface area (Å²) in [7, 11) is 1.43. The molecule has 0 spiro atoms. The molecular weight excluding hydrogens is 464 g/mol. The van der Waals surface area contributed by atoms with Crippen molar-refractivity contribution < 1.29 is 38.0 Å². The lowest BCUT2D eigenvalue weighted by Gasteiger charge is -2.47. The molecule has 8 heteroatoms. The van der Waals surface area contributed by atoms with Gasteiger partial charge < -0.3 is 28.4 Å². The molecule has 0 unspecified atom stereocenters. The molecule has 2 saturated heterocycles. The average molecular weight is 491 g/mol. The van der Waals surface area contributed by atoms with Gasteiger partial charge in [-0.15, -0.1) is 0 Å². The minimum Gasteiger partial charge on any atom is -0.452 e. The Bertz CT molecular complexity index is 1150. The van der Waals surface area contributed by atoms with Crippen LogP contribution in [0.2, 0.25) is 0 Å². The zero-order valence-electron chi connectivity index (χ0n) is 19.6. The number of ether oxygens (including phenoxy) is 6. The maximum Gasteiger partial charge on any atom is 0.338 e. The van der Waals surface area contributed by atoms with E-state index in [-0.39, 0.29) is 6.61 Å². The third-order valence-corrected chi connectivity index (χ3v) is 6.09. The number of carbonyl (C=O) groups excluding carboxylic acids is 2. The summed E-state index contributed by atoms with van der Waals surface area (Å²) in [5, 5.41) is 0. The molecule has 5 rings (SSSR count). The van der Waals surface area contributed by atoms with Gasteiger partial charge in [0.2, 0.25) is 0 Å². The number of hydrogen-bond acceptors (Lipinski definition) is 8. The van der Waals surface area contributed by atoms with E-state index in [2.05, 4.69) is 0 Å². The van der Waals surface area contributed by atoms with Crippen LogP contribution in [0.1, 0.15) is 32.6 Å². The van der Waals surface area contributed by atoms with Crippen molar-refractivity contribution >= 4 is 11.9 Å². The van der Waals surface area contributed by atoms with Gasteiger partial charge in [-0.3, -0.25) is 0 Å². The van der Waals surface area contributed by atoms with Crippen molar-refractivity contribution in [1.82, 2.24) is 0 Å². The molecule has 0 bridgehead atoms. The Morgan fingerprint density at radius 2 is 1.25 bits per heavy atom. The fourth-order valence-corrected chi connectivity index (χ4v) is 4.31. The summed E-state index contributed by atoms with van der Waals surface area (Å²) >= 11 is 0. The standard InChI is InChI=1S/C28H26O8/c1-31-28-24(35-26(30)19-13-7-3-8-14-19)23(34-25(29)18-11-5-2-6-12-18)22-21(33-28)17-32-27(36-22)20-15-9-4-10-16-20/h2-16,21-24,27-28H,17H2,1H3/t21-,22+,23+,24-,27-,28-/m1/s1. The monoisotopic (exact) mass is 490 g/mol. The second-order valence-electron chi connectivity index (χ2n) is 8.43. The molecule has 0 radical (unpaired) electrons. The lowest BCUT2D eigenvalue weighted by Crippen LogP contribution is -2.64. The van der Waals surface area contributed by atoms with Gasteiger partial charge in [0.05, 0.1) is 17.7 Å². The zero-order chi connectivity index (χ0) is 24.9. The van der Waals surface area contributed by atoms with Gasteiger partial charge in [-0.2, -0.15) is 0 Å². The number of benzene rings is 3. The number of carbonyl (C=O) groups is 2. The lowest BCUT2D eigenvalue weighted by atomic mass is 9.97. The molecule has 36 heavy (non-hydrogen) atoms. The maximum absolute atomic E-state index is 13.1. The van der Waals surface area contributed by atoms with Crippen molar-refractivity contribution in [3.63, 3.8) is 0 Å². The summed E-state index contributed by atoms with van der Waals surface area (Å²) in [6.45, 7) is 0.169. The molecule has 0 aromatic heterocycles. The van der Waals surface area contributed by atoms with E-state index < -0.39 is 48.9 Å². The van der Waals surface area contributed by atoms with Gasteiger partial charge in [-0.25, -0.2) is 9.59 Å². The normalized spacial score (nSPS) is 27.5. The minimum atomic E-state index is -1.09. The number of hydrogen-bond donors (Lipinski definition) is 0.